The van der Waals surface area contributed by atoms with Crippen LogP contribution in [0.5, 0.6) is 11.5 Å². The van der Waals surface area contributed by atoms with E-state index in [1.807, 2.05) is 94.6 Å². The zero-order valence-corrected chi connectivity index (χ0v) is 54.8. The van der Waals surface area contributed by atoms with E-state index in [0.29, 0.717) is 16.7 Å². The van der Waals surface area contributed by atoms with Crippen molar-refractivity contribution in [3.05, 3.63) is 324 Å². The summed E-state index contributed by atoms with van der Waals surface area (Å²) in [5.41, 5.74) is 2.60. The first-order valence-electron chi connectivity index (χ1n) is 31.5. The molecule has 14 aromatic rings. The number of phenols is 1. The van der Waals surface area contributed by atoms with Crippen LogP contribution in [0.3, 0.4) is 0 Å². The molecule has 0 saturated heterocycles. The lowest BCUT2D eigenvalue weighted by atomic mass is 9.70. The zero-order valence-electron chi connectivity index (χ0n) is 52.4. The maximum absolute atomic E-state index is 13.7. The second-order valence-electron chi connectivity index (χ2n) is 24.8. The van der Waals surface area contributed by atoms with Gasteiger partial charge in [0, 0.05) is 11.1 Å². The van der Waals surface area contributed by atoms with Crippen LogP contribution in [0.2, 0.25) is 0 Å². The molecule has 1 N–H and O–H groups in total. The van der Waals surface area contributed by atoms with Gasteiger partial charge in [-0.2, -0.15) is 64.8 Å². The molecule has 0 radical (unpaired) electrons. The van der Waals surface area contributed by atoms with Crippen LogP contribution in [0, 0.1) is 0 Å². The van der Waals surface area contributed by atoms with E-state index in [-0.39, 0.29) is 26.2 Å². The number of hydrogen-bond donors (Lipinski definition) is 1. The molecule has 104 heavy (non-hydrogen) atoms. The van der Waals surface area contributed by atoms with Gasteiger partial charge in [0.25, 0.3) is 0 Å². The van der Waals surface area contributed by atoms with Gasteiger partial charge in [-0.05, 0) is 180 Å². The van der Waals surface area contributed by atoms with Crippen molar-refractivity contribution in [2.24, 2.45) is 0 Å². The molecule has 18 rings (SSSR count). The van der Waals surface area contributed by atoms with E-state index < -0.39 is 57.7 Å². The summed E-state index contributed by atoms with van der Waals surface area (Å²) < 4.78 is 181. The smallest absolute Gasteiger partial charge is 0.507 e. The molecule has 21 heteroatoms. The van der Waals surface area contributed by atoms with Crippen molar-refractivity contribution in [3.63, 3.8) is 0 Å². The van der Waals surface area contributed by atoms with Crippen LogP contribution >= 0.6 is 0 Å². The lowest BCUT2D eigenvalue weighted by Crippen LogP contribution is -2.34. The van der Waals surface area contributed by atoms with Gasteiger partial charge in [-0.15, -0.1) is 3.63 Å². The van der Waals surface area contributed by atoms with Crippen molar-refractivity contribution >= 4 is 73.4 Å². The molecule has 0 saturated carbocycles. The van der Waals surface area contributed by atoms with Gasteiger partial charge in [-0.3, -0.25) is 0 Å². The fourth-order valence-corrected chi connectivity index (χ4v) is 17.7. The topological polar surface area (TPSA) is 141 Å². The van der Waals surface area contributed by atoms with Crippen LogP contribution in [0.15, 0.2) is 279 Å². The largest absolute Gasteiger partial charge is 0.534 e. The summed E-state index contributed by atoms with van der Waals surface area (Å²) in [5, 5.41) is 18.9. The standard InChI is InChI=1S/C40H23F3O3S.C39H24O.C2F6O5S2.2CH4/c41-40(42,43)47(44,45)46-37-22-25-12-2-1-11-24(25)21-32(37)31-23-36-38(29-16-4-3-13-26(29)31)30-17-7-10-20-35(30)39(36)33-18-8-5-14-27(33)28-15-6-9-19-34(28)39;40-37-22-25-12-2-1-11-24(25)21-32(37)31-23-36-38(29-16-4-3-13-26(29)31)30-17-7-10-20-35(30)39(36)33-18-8-5-14-27(33)28-15-6-9-19-34(28)39;3-1(4,5)14(9,10)13-15(11,12)2(6,7)8;;/h1-23H;1-23,40H;;2*1H4. The molecule has 14 aromatic carbocycles. The van der Waals surface area contributed by atoms with Crippen LogP contribution in [-0.2, 0) is 44.8 Å². The average Bonchev–Trinajstić information content (AvgIpc) is 1.51. The van der Waals surface area contributed by atoms with Crippen molar-refractivity contribution in [3.8, 4) is 78.3 Å². The normalized spacial score (nSPS) is 13.9. The molecule has 0 amide bonds. The summed E-state index contributed by atoms with van der Waals surface area (Å²) in [6.45, 7) is 0. The molecule has 0 aliphatic heterocycles. The highest BCUT2D eigenvalue weighted by molar-refractivity contribution is 8.00. The van der Waals surface area contributed by atoms with Gasteiger partial charge in [0.2, 0.25) is 0 Å². The SMILES string of the molecule is C.C.O=S(=O)(OS(=O)(=O)C(F)(F)F)C(F)(F)F.O=S(=O)(Oc1cc2ccccc2cc1-c1cc2c(c3ccccc13)-c1ccccc1C21c2ccccc2-c2ccccc21)C(F)(F)F.Oc1cc2ccccc2cc1-c1cc2c(c3ccccc13)-c1ccccc1C21c2ccccc2-c2ccccc21. The highest BCUT2D eigenvalue weighted by Crippen LogP contribution is 2.67. The molecule has 2 spiro atoms. The van der Waals surface area contributed by atoms with Gasteiger partial charge in [0.1, 0.15) is 5.75 Å². The Morgan fingerprint density at radius 2 is 0.538 bits per heavy atom. The monoisotopic (exact) mass is 1460 g/mol. The van der Waals surface area contributed by atoms with Crippen LogP contribution in [-0.4, -0.2) is 46.9 Å². The van der Waals surface area contributed by atoms with E-state index in [1.54, 1.807) is 18.2 Å². The van der Waals surface area contributed by atoms with E-state index in [9.17, 15) is 69.9 Å². The maximum atomic E-state index is 13.7. The Bertz CT molecular complexity index is 6140. The first kappa shape index (κ1) is 70.0. The number of halogens is 9. The molecule has 0 heterocycles. The summed E-state index contributed by atoms with van der Waals surface area (Å²) in [6, 6.07) is 95.1. The summed E-state index contributed by atoms with van der Waals surface area (Å²) in [6.07, 6.45) is 0. The van der Waals surface area contributed by atoms with Gasteiger partial charge in [0.05, 0.1) is 10.8 Å². The first-order valence-corrected chi connectivity index (χ1v) is 35.7. The highest BCUT2D eigenvalue weighted by Gasteiger charge is 2.58. The second kappa shape index (κ2) is 24.8. The lowest BCUT2D eigenvalue weighted by molar-refractivity contribution is -0.0586. The molecular formula is C83H55F9O9S3. The number of alkyl halides is 9. The Balaban J connectivity index is 0.000000146. The number of aromatic hydroxyl groups is 1. The van der Waals surface area contributed by atoms with Gasteiger partial charge in [-0.25, -0.2) is 0 Å². The number of fused-ring (bicyclic) bond motifs is 26. The van der Waals surface area contributed by atoms with Gasteiger partial charge < -0.3 is 9.29 Å². The Morgan fingerprint density at radius 3 is 0.894 bits per heavy atom. The quantitative estimate of drug-likeness (QED) is 0.0978. The fraction of sp³-hybridized carbons (Fsp3) is 0.0843. The van der Waals surface area contributed by atoms with Crippen molar-refractivity contribution < 1.29 is 77.7 Å². The average molecular weight is 1460 g/mol. The molecule has 0 aromatic heterocycles. The number of benzene rings is 14. The van der Waals surface area contributed by atoms with Crippen molar-refractivity contribution in [2.75, 3.05) is 0 Å². The van der Waals surface area contributed by atoms with E-state index in [0.717, 1.165) is 88.0 Å². The molecule has 522 valence electrons. The Labute approximate surface area is 591 Å². The predicted molar refractivity (Wildman–Crippen MR) is 388 cm³/mol. The minimum Gasteiger partial charge on any atom is -0.507 e. The summed E-state index contributed by atoms with van der Waals surface area (Å²) in [7, 11) is -19.7. The molecule has 0 atom stereocenters. The van der Waals surface area contributed by atoms with Gasteiger partial charge in [-0.1, -0.05) is 258 Å². The van der Waals surface area contributed by atoms with E-state index in [1.165, 1.54) is 56.0 Å². The summed E-state index contributed by atoms with van der Waals surface area (Å²) >= 11 is 0. The van der Waals surface area contributed by atoms with E-state index >= 15 is 0 Å². The predicted octanol–water partition coefficient (Wildman–Crippen LogP) is 21.9. The Morgan fingerprint density at radius 1 is 0.269 bits per heavy atom. The second-order valence-corrected chi connectivity index (χ2v) is 29.6. The van der Waals surface area contributed by atoms with E-state index in [2.05, 4.69) is 164 Å². The summed E-state index contributed by atoms with van der Waals surface area (Å²) in [4.78, 5) is 0. The molecule has 4 aliphatic rings. The number of phenolic OH excluding ortho intramolecular Hbond substituents is 1. The van der Waals surface area contributed by atoms with Crippen molar-refractivity contribution in [1.29, 1.82) is 0 Å². The minimum atomic E-state index is -6.85. The molecule has 9 nitrogen and oxygen atoms in total. The molecule has 0 unspecified atom stereocenters. The van der Waals surface area contributed by atoms with Crippen LogP contribution < -0.4 is 4.18 Å². The minimum absolute atomic E-state index is 0. The van der Waals surface area contributed by atoms with Crippen LogP contribution in [0.1, 0.15) is 59.4 Å². The Kier molecular flexibility index (Phi) is 16.7. The van der Waals surface area contributed by atoms with Crippen molar-refractivity contribution in [1.82, 2.24) is 0 Å². The molecular weight excluding hydrogens is 1410 g/mol. The molecule has 0 bridgehead atoms. The fourth-order valence-electron chi connectivity index (χ4n) is 15.6. The third-order valence-electron chi connectivity index (χ3n) is 19.5. The Hall–Kier alpha value is -11.1. The first-order chi connectivity index (χ1) is 48.7. The van der Waals surface area contributed by atoms with Gasteiger partial charge >= 0.3 is 46.9 Å². The van der Waals surface area contributed by atoms with Crippen LogP contribution in [0.25, 0.3) is 110 Å². The lowest BCUT2D eigenvalue weighted by Gasteiger charge is -2.31. The number of hydrogen-bond acceptors (Lipinski definition) is 9. The summed E-state index contributed by atoms with van der Waals surface area (Å²) in [5.74, 6) is -0.0801. The van der Waals surface area contributed by atoms with Gasteiger partial charge in [0.15, 0.2) is 5.75 Å². The molecule has 0 fully saturated rings. The maximum Gasteiger partial charge on any atom is 0.534 e. The van der Waals surface area contributed by atoms with Crippen molar-refractivity contribution in [2.45, 2.75) is 42.2 Å². The zero-order chi connectivity index (χ0) is 71.3. The molecule has 4 aliphatic carbocycles. The van der Waals surface area contributed by atoms with E-state index in [4.69, 9.17) is 4.18 Å². The number of rotatable bonds is 6. The highest BCUT2D eigenvalue weighted by atomic mass is 32.3. The third-order valence-corrected chi connectivity index (χ3v) is 23.1. The van der Waals surface area contributed by atoms with Crippen LogP contribution in [0.4, 0.5) is 39.5 Å². The third kappa shape index (κ3) is 10.5.